The van der Waals surface area contributed by atoms with Gasteiger partial charge in [-0.2, -0.15) is 0 Å². The van der Waals surface area contributed by atoms with Gasteiger partial charge < -0.3 is 44.0 Å². The third-order valence-electron chi connectivity index (χ3n) is 4.09. The Morgan fingerprint density at radius 1 is 0.938 bits per heavy atom. The van der Waals surface area contributed by atoms with Gasteiger partial charge in [0.2, 0.25) is 23.6 Å². The van der Waals surface area contributed by atoms with Gasteiger partial charge in [0, 0.05) is 6.54 Å². The van der Waals surface area contributed by atoms with E-state index in [0.29, 0.717) is 6.42 Å². The number of nitrogens with one attached hydrogen (secondary N) is 3. The Balaban J connectivity index is 5.37. The van der Waals surface area contributed by atoms with E-state index >= 15 is 0 Å². The van der Waals surface area contributed by atoms with E-state index in [2.05, 4.69) is 20.9 Å². The number of nitrogens with zero attached hydrogens (tertiary/aromatic N) is 1. The average molecular weight is 459 g/mol. The van der Waals surface area contributed by atoms with Gasteiger partial charge in [-0.05, 0) is 25.2 Å². The molecule has 0 aliphatic rings. The highest BCUT2D eigenvalue weighted by atomic mass is 16.4. The predicted octanol–water partition coefficient (Wildman–Crippen LogP) is -3.54. The van der Waals surface area contributed by atoms with E-state index in [1.165, 1.54) is 0 Å². The minimum absolute atomic E-state index is 0.00484. The van der Waals surface area contributed by atoms with Crippen LogP contribution in [0.3, 0.4) is 0 Å². The molecular weight excluding hydrogens is 424 g/mol. The molecule has 0 fully saturated rings. The number of aliphatic carboxylic acids is 1. The van der Waals surface area contributed by atoms with Crippen molar-refractivity contribution < 1.29 is 29.1 Å². The van der Waals surface area contributed by atoms with Crippen LogP contribution in [0.4, 0.5) is 0 Å². The molecule has 0 bridgehead atoms. The maximum atomic E-state index is 12.8. The van der Waals surface area contributed by atoms with Crippen LogP contribution in [0, 0.1) is 5.92 Å². The van der Waals surface area contributed by atoms with Crippen LogP contribution in [0.5, 0.6) is 0 Å². The van der Waals surface area contributed by atoms with Crippen LogP contribution >= 0.6 is 0 Å². The van der Waals surface area contributed by atoms with Gasteiger partial charge in [0.05, 0.1) is 12.5 Å². The topological polar surface area (TPSA) is 258 Å². The van der Waals surface area contributed by atoms with Crippen LogP contribution < -0.4 is 38.9 Å². The van der Waals surface area contributed by atoms with Crippen LogP contribution in [0.1, 0.15) is 39.5 Å². The maximum absolute atomic E-state index is 12.8. The highest BCUT2D eigenvalue weighted by Gasteiger charge is 2.28. The van der Waals surface area contributed by atoms with E-state index in [-0.39, 0.29) is 31.3 Å². The number of carboxylic acid groups (broad SMARTS) is 1. The van der Waals surface area contributed by atoms with E-state index in [9.17, 15) is 24.0 Å². The molecule has 12 N–H and O–H groups in total. The second-order valence-corrected chi connectivity index (χ2v) is 7.59. The van der Waals surface area contributed by atoms with Crippen molar-refractivity contribution in [3.05, 3.63) is 0 Å². The Kier molecular flexibility index (Phi) is 13.0. The lowest BCUT2D eigenvalue weighted by Crippen LogP contribution is -2.56. The van der Waals surface area contributed by atoms with Crippen LogP contribution in [0.2, 0.25) is 0 Å². The van der Waals surface area contributed by atoms with Crippen LogP contribution in [0.25, 0.3) is 0 Å². The lowest BCUT2D eigenvalue weighted by atomic mass is 10.0. The van der Waals surface area contributed by atoms with Crippen molar-refractivity contribution in [3.63, 3.8) is 0 Å². The summed E-state index contributed by atoms with van der Waals surface area (Å²) in [5.41, 5.74) is 21.2. The summed E-state index contributed by atoms with van der Waals surface area (Å²) in [5, 5.41) is 15.9. The van der Waals surface area contributed by atoms with Crippen molar-refractivity contribution in [2.75, 3.05) is 13.1 Å². The molecule has 0 rings (SSSR count). The van der Waals surface area contributed by atoms with Gasteiger partial charge in [-0.15, -0.1) is 0 Å². The first-order chi connectivity index (χ1) is 14.8. The van der Waals surface area contributed by atoms with Gasteiger partial charge in [-0.25, -0.2) is 0 Å². The number of primary amides is 1. The number of aliphatic imine (C=N–C) groups is 1. The van der Waals surface area contributed by atoms with Gasteiger partial charge in [0.15, 0.2) is 5.96 Å². The second kappa shape index (κ2) is 14.6. The molecule has 0 spiro atoms. The molecule has 0 heterocycles. The molecule has 14 heteroatoms. The van der Waals surface area contributed by atoms with E-state index in [1.807, 2.05) is 13.8 Å². The largest absolute Gasteiger partial charge is 0.480 e. The van der Waals surface area contributed by atoms with E-state index in [4.69, 9.17) is 28.0 Å². The molecular formula is C18H34N8O6. The Morgan fingerprint density at radius 2 is 1.53 bits per heavy atom. The smallest absolute Gasteiger partial charge is 0.322 e. The molecule has 0 aliphatic carbocycles. The predicted molar refractivity (Wildman–Crippen MR) is 116 cm³/mol. The molecule has 182 valence electrons. The fourth-order valence-electron chi connectivity index (χ4n) is 2.62. The maximum Gasteiger partial charge on any atom is 0.322 e. The first kappa shape index (κ1) is 28.6. The van der Waals surface area contributed by atoms with Crippen molar-refractivity contribution in [1.29, 1.82) is 0 Å². The molecule has 14 nitrogen and oxygen atoms in total. The molecule has 0 aromatic carbocycles. The van der Waals surface area contributed by atoms with E-state index < -0.39 is 60.7 Å². The summed E-state index contributed by atoms with van der Waals surface area (Å²) in [6.45, 7) is 3.22. The molecule has 0 aromatic rings. The lowest BCUT2D eigenvalue weighted by molar-refractivity contribution is -0.138. The fraction of sp³-hybridized carbons (Fsp3) is 0.667. The SMILES string of the molecule is CC(C)CC(NC(=O)C(CCCN=C(N)N)NC(=O)C(N)CC(N)=O)C(=O)NCC(=O)O. The summed E-state index contributed by atoms with van der Waals surface area (Å²) in [6, 6.07) is -3.40. The number of carbonyl (C=O) groups excluding carboxylic acids is 4. The number of nitrogens with two attached hydrogens (primary N) is 4. The molecule has 0 aromatic heterocycles. The van der Waals surface area contributed by atoms with Gasteiger partial charge in [0.25, 0.3) is 0 Å². The summed E-state index contributed by atoms with van der Waals surface area (Å²) in [7, 11) is 0. The normalized spacial score (nSPS) is 13.4. The van der Waals surface area contributed by atoms with Gasteiger partial charge in [-0.1, -0.05) is 13.8 Å². The zero-order valence-electron chi connectivity index (χ0n) is 18.3. The second-order valence-electron chi connectivity index (χ2n) is 7.59. The van der Waals surface area contributed by atoms with Gasteiger partial charge >= 0.3 is 5.97 Å². The van der Waals surface area contributed by atoms with Gasteiger partial charge in [0.1, 0.15) is 18.6 Å². The molecule has 0 saturated heterocycles. The monoisotopic (exact) mass is 458 g/mol. The van der Waals surface area contributed by atoms with Crippen molar-refractivity contribution in [3.8, 4) is 0 Å². The Labute approximate surface area is 185 Å². The van der Waals surface area contributed by atoms with Crippen LogP contribution in [0.15, 0.2) is 4.99 Å². The van der Waals surface area contributed by atoms with Crippen molar-refractivity contribution in [1.82, 2.24) is 16.0 Å². The quantitative estimate of drug-likeness (QED) is 0.0685. The molecule has 4 amide bonds. The van der Waals surface area contributed by atoms with Crippen molar-refractivity contribution in [2.45, 2.75) is 57.7 Å². The Morgan fingerprint density at radius 3 is 2.03 bits per heavy atom. The van der Waals surface area contributed by atoms with Gasteiger partial charge in [-0.3, -0.25) is 29.0 Å². The molecule has 0 aliphatic heterocycles. The minimum atomic E-state index is -1.26. The third-order valence-corrected chi connectivity index (χ3v) is 4.09. The highest BCUT2D eigenvalue weighted by Crippen LogP contribution is 2.07. The van der Waals surface area contributed by atoms with E-state index in [1.54, 1.807) is 0 Å². The summed E-state index contributed by atoms with van der Waals surface area (Å²) in [4.78, 5) is 63.0. The molecule has 3 unspecified atom stereocenters. The lowest BCUT2D eigenvalue weighted by Gasteiger charge is -2.24. The zero-order chi connectivity index (χ0) is 24.8. The first-order valence-corrected chi connectivity index (χ1v) is 10.0. The number of carboxylic acids is 1. The van der Waals surface area contributed by atoms with E-state index in [0.717, 1.165) is 0 Å². The highest BCUT2D eigenvalue weighted by molar-refractivity contribution is 5.94. The minimum Gasteiger partial charge on any atom is -0.480 e. The number of carbonyl (C=O) groups is 5. The average Bonchev–Trinajstić information content (AvgIpc) is 2.66. The Bertz CT molecular complexity index is 708. The van der Waals surface area contributed by atoms with Crippen molar-refractivity contribution >= 4 is 35.6 Å². The number of guanidine groups is 1. The fourth-order valence-corrected chi connectivity index (χ4v) is 2.62. The Hall–Kier alpha value is -3.42. The summed E-state index contributed by atoms with van der Waals surface area (Å²) in [6.07, 6.45) is 0.221. The molecule has 3 atom stereocenters. The third kappa shape index (κ3) is 13.0. The summed E-state index contributed by atoms with van der Waals surface area (Å²) < 4.78 is 0. The number of hydrogen-bond acceptors (Lipinski definition) is 7. The zero-order valence-corrected chi connectivity index (χ0v) is 18.3. The van der Waals surface area contributed by atoms with Crippen LogP contribution in [-0.2, 0) is 24.0 Å². The molecule has 0 radical (unpaired) electrons. The van der Waals surface area contributed by atoms with Crippen LogP contribution in [-0.4, -0.2) is 71.9 Å². The number of rotatable bonds is 15. The summed E-state index contributed by atoms with van der Waals surface area (Å²) in [5.74, 6) is -4.30. The molecule has 0 saturated carbocycles. The number of hydrogen-bond donors (Lipinski definition) is 8. The number of amides is 4. The standard InChI is InChI=1S/C18H34N8O6/c1-9(2)6-12(16(31)24-8-14(28)29)26-17(32)11(4-3-5-23-18(21)22)25-15(30)10(19)7-13(20)27/h9-12H,3-8,19H2,1-2H3,(H2,20,27)(H,24,31)(H,25,30)(H,26,32)(H,28,29)(H4,21,22,23). The van der Waals surface area contributed by atoms with Crippen molar-refractivity contribution in [2.24, 2.45) is 33.8 Å². The molecule has 32 heavy (non-hydrogen) atoms. The summed E-state index contributed by atoms with van der Waals surface area (Å²) >= 11 is 0. The first-order valence-electron chi connectivity index (χ1n) is 10.0.